The Morgan fingerprint density at radius 3 is 2.42 bits per heavy atom. The highest BCUT2D eigenvalue weighted by Gasteiger charge is 2.35. The Morgan fingerprint density at radius 2 is 1.88 bits per heavy atom. The van der Waals surface area contributed by atoms with Crippen LogP contribution in [0.3, 0.4) is 0 Å². The van der Waals surface area contributed by atoms with Crippen molar-refractivity contribution in [3.05, 3.63) is 38.2 Å². The van der Waals surface area contributed by atoms with E-state index >= 15 is 0 Å². The summed E-state index contributed by atoms with van der Waals surface area (Å²) in [6, 6.07) is 0.775. The van der Waals surface area contributed by atoms with E-state index in [4.69, 9.17) is 4.42 Å². The Balaban J connectivity index is 2.27. The van der Waals surface area contributed by atoms with E-state index in [1.54, 1.807) is 4.90 Å². The van der Waals surface area contributed by atoms with Gasteiger partial charge in [0.2, 0.25) is 5.58 Å². The molecule has 10 heteroatoms. The molecule has 2 heterocycles. The van der Waals surface area contributed by atoms with E-state index < -0.39 is 38.9 Å². The fourth-order valence-corrected chi connectivity index (χ4v) is 3.35. The molecule has 0 spiro atoms. The molecule has 1 fully saturated rings. The molecule has 1 aromatic carbocycles. The molecule has 1 aliphatic heterocycles. The van der Waals surface area contributed by atoms with Gasteiger partial charge in [-0.3, -0.25) is 14.9 Å². The average Bonchev–Trinajstić information content (AvgIpc) is 2.52. The van der Waals surface area contributed by atoms with Gasteiger partial charge in [-0.25, -0.2) is 0 Å². The maximum absolute atomic E-state index is 13.0. The highest BCUT2D eigenvalue weighted by molar-refractivity contribution is 5.86. The summed E-state index contributed by atoms with van der Waals surface area (Å²) in [4.78, 5) is 28.1. The Hall–Kier alpha value is -2.65. The Morgan fingerprint density at radius 1 is 1.27 bits per heavy atom. The fourth-order valence-electron chi connectivity index (χ4n) is 3.35. The van der Waals surface area contributed by atoms with E-state index in [-0.39, 0.29) is 18.1 Å². The highest BCUT2D eigenvalue weighted by Crippen LogP contribution is 2.37. The number of fused-ring (bicyclic) bond motifs is 1. The van der Waals surface area contributed by atoms with Crippen molar-refractivity contribution in [1.29, 1.82) is 0 Å². The first-order valence-electron chi connectivity index (χ1n) is 8.08. The van der Waals surface area contributed by atoms with E-state index in [0.717, 1.165) is 19.3 Å². The zero-order chi connectivity index (χ0) is 19.2. The van der Waals surface area contributed by atoms with Gasteiger partial charge in [0, 0.05) is 18.2 Å². The van der Waals surface area contributed by atoms with Gasteiger partial charge in [-0.2, -0.15) is 18.2 Å². The normalized spacial score (nSPS) is 21.2. The number of halogens is 3. The number of anilines is 1. The summed E-state index contributed by atoms with van der Waals surface area (Å²) in [6.07, 6.45) is -2.21. The second kappa shape index (κ2) is 6.26. The molecule has 0 bridgehead atoms. The first-order valence-corrected chi connectivity index (χ1v) is 8.08. The number of benzene rings is 1. The second-order valence-corrected chi connectivity index (χ2v) is 6.46. The van der Waals surface area contributed by atoms with Crippen molar-refractivity contribution in [2.24, 2.45) is 0 Å². The molecule has 0 aliphatic carbocycles. The van der Waals surface area contributed by atoms with Crippen LogP contribution < -0.4 is 10.5 Å². The van der Waals surface area contributed by atoms with Crippen LogP contribution in [-0.4, -0.2) is 22.0 Å². The molecule has 1 aromatic heterocycles. The van der Waals surface area contributed by atoms with E-state index in [2.05, 4.69) is 4.98 Å². The van der Waals surface area contributed by atoms with Gasteiger partial charge in [-0.1, -0.05) is 0 Å². The molecule has 2 atom stereocenters. The lowest BCUT2D eigenvalue weighted by Gasteiger charge is -2.38. The zero-order valence-electron chi connectivity index (χ0n) is 14.0. The monoisotopic (exact) mass is 371 g/mol. The van der Waals surface area contributed by atoms with Gasteiger partial charge < -0.3 is 9.32 Å². The smallest absolute Gasteiger partial charge is 0.416 e. The van der Waals surface area contributed by atoms with Crippen LogP contribution in [0.5, 0.6) is 0 Å². The predicted molar refractivity (Wildman–Crippen MR) is 87.2 cm³/mol. The largest absolute Gasteiger partial charge is 0.417 e. The van der Waals surface area contributed by atoms with Crippen molar-refractivity contribution in [3.8, 4) is 0 Å². The molecular weight excluding hydrogens is 355 g/mol. The average molecular weight is 371 g/mol. The highest BCUT2D eigenvalue weighted by atomic mass is 19.4. The van der Waals surface area contributed by atoms with Gasteiger partial charge in [0.15, 0.2) is 0 Å². The minimum absolute atomic E-state index is 0.0136. The van der Waals surface area contributed by atoms with Crippen LogP contribution in [0.25, 0.3) is 11.0 Å². The van der Waals surface area contributed by atoms with Crippen LogP contribution in [0.4, 0.5) is 24.9 Å². The van der Waals surface area contributed by atoms with Gasteiger partial charge in [0.25, 0.3) is 5.56 Å². The summed E-state index contributed by atoms with van der Waals surface area (Å²) in [7, 11) is 0. The molecule has 1 saturated heterocycles. The summed E-state index contributed by atoms with van der Waals surface area (Å²) >= 11 is 0. The minimum atomic E-state index is -4.83. The van der Waals surface area contributed by atoms with Gasteiger partial charge in [0.1, 0.15) is 0 Å². The molecule has 26 heavy (non-hydrogen) atoms. The van der Waals surface area contributed by atoms with E-state index in [9.17, 15) is 28.1 Å². The molecular formula is C16H16F3N3O4. The number of alkyl halides is 3. The lowest BCUT2D eigenvalue weighted by Crippen LogP contribution is -2.44. The molecule has 1 aliphatic rings. The summed E-state index contributed by atoms with van der Waals surface area (Å²) in [5.41, 5.74) is -3.69. The third-order valence-electron chi connectivity index (χ3n) is 4.63. The number of hydrogen-bond acceptors (Lipinski definition) is 6. The predicted octanol–water partition coefficient (Wildman–Crippen LogP) is 3.88. The van der Waals surface area contributed by atoms with Crippen molar-refractivity contribution >= 4 is 22.7 Å². The molecule has 2 aromatic rings. The molecule has 0 amide bonds. The van der Waals surface area contributed by atoms with Gasteiger partial charge in [-0.05, 0) is 39.2 Å². The topological polar surface area (TPSA) is 89.5 Å². The molecule has 0 N–H and O–H groups in total. The van der Waals surface area contributed by atoms with Crippen LogP contribution in [0.1, 0.15) is 38.7 Å². The summed E-state index contributed by atoms with van der Waals surface area (Å²) in [5, 5.41) is 10.7. The molecule has 7 nitrogen and oxygen atoms in total. The maximum atomic E-state index is 13.0. The molecule has 0 radical (unpaired) electrons. The van der Waals surface area contributed by atoms with Crippen LogP contribution in [-0.2, 0) is 6.18 Å². The number of nitrogens with zero attached hydrogens (tertiary/aromatic N) is 3. The quantitative estimate of drug-likeness (QED) is 0.588. The Labute approximate surface area is 145 Å². The Kier molecular flexibility index (Phi) is 4.37. The van der Waals surface area contributed by atoms with Crippen LogP contribution in [0.15, 0.2) is 21.3 Å². The molecule has 3 rings (SSSR count). The second-order valence-electron chi connectivity index (χ2n) is 6.46. The first-order chi connectivity index (χ1) is 12.1. The van der Waals surface area contributed by atoms with Crippen LogP contribution >= 0.6 is 0 Å². The van der Waals surface area contributed by atoms with Gasteiger partial charge in [-0.15, -0.1) is 0 Å². The summed E-state index contributed by atoms with van der Waals surface area (Å²) in [6.45, 7) is 3.81. The number of nitro groups is 1. The van der Waals surface area contributed by atoms with E-state index in [0.29, 0.717) is 12.1 Å². The van der Waals surface area contributed by atoms with Crippen LogP contribution in [0, 0.1) is 10.1 Å². The van der Waals surface area contributed by atoms with Crippen molar-refractivity contribution < 1.29 is 22.5 Å². The van der Waals surface area contributed by atoms with E-state index in [1.807, 2.05) is 13.8 Å². The lowest BCUT2D eigenvalue weighted by atomic mass is 9.98. The number of piperidine rings is 1. The summed E-state index contributed by atoms with van der Waals surface area (Å²) < 4.78 is 44.4. The molecule has 0 unspecified atom stereocenters. The van der Waals surface area contributed by atoms with Crippen molar-refractivity contribution in [1.82, 2.24) is 4.98 Å². The van der Waals surface area contributed by atoms with Gasteiger partial charge in [0.05, 0.1) is 15.9 Å². The van der Waals surface area contributed by atoms with Crippen molar-refractivity contribution in [3.63, 3.8) is 0 Å². The number of hydrogen-bond donors (Lipinski definition) is 0. The standard InChI is InChI=1S/C16H16F3N3O4/c1-8-4-3-5-9(2)21(8)15-20-14(23)11-6-10(16(17,18)19)7-12(22(24)25)13(11)26-15/h6-9H,3-5H2,1-2H3/t8-,9+. The maximum Gasteiger partial charge on any atom is 0.416 e. The first kappa shape index (κ1) is 18.2. The van der Waals surface area contributed by atoms with E-state index in [1.165, 1.54) is 0 Å². The van der Waals surface area contributed by atoms with Crippen LogP contribution in [0.2, 0.25) is 0 Å². The van der Waals surface area contributed by atoms with Crippen molar-refractivity contribution in [2.75, 3.05) is 4.90 Å². The number of nitro benzene ring substituents is 1. The van der Waals surface area contributed by atoms with Crippen molar-refractivity contribution in [2.45, 2.75) is 51.4 Å². The molecule has 140 valence electrons. The molecule has 0 saturated carbocycles. The number of rotatable bonds is 2. The lowest BCUT2D eigenvalue weighted by molar-refractivity contribution is -0.383. The number of non-ortho nitro benzene ring substituents is 1. The zero-order valence-corrected chi connectivity index (χ0v) is 14.0. The van der Waals surface area contributed by atoms with Gasteiger partial charge >= 0.3 is 17.9 Å². The fraction of sp³-hybridized carbons (Fsp3) is 0.500. The third kappa shape index (κ3) is 3.11. The SMILES string of the molecule is C[C@@H]1CCC[C@H](C)N1c1nc(=O)c2cc(C(F)(F)F)cc([N+](=O)[O-])c2o1. The Bertz CT molecular complexity index is 915. The third-order valence-corrected chi connectivity index (χ3v) is 4.63. The minimum Gasteiger partial charge on any atom is -0.417 e. The summed E-state index contributed by atoms with van der Waals surface area (Å²) in [5.74, 6) is 0. The number of aromatic nitrogens is 1.